The molecule has 3 heteroatoms. The van der Waals surface area contributed by atoms with Gasteiger partial charge in [0.05, 0.1) is 0 Å². The first kappa shape index (κ1) is 19.6. The van der Waals surface area contributed by atoms with Gasteiger partial charge in [-0.25, -0.2) is 0 Å². The highest BCUT2D eigenvalue weighted by molar-refractivity contribution is 5.82. The smallest absolute Gasteiger partial charge is 0.127 e. The first-order chi connectivity index (χ1) is 14.8. The molecule has 1 heterocycles. The molecule has 2 aliphatic carbocycles. The van der Waals surface area contributed by atoms with E-state index in [1.54, 1.807) is 0 Å². The van der Waals surface area contributed by atoms with Crippen LogP contribution in [0.5, 0.6) is 5.75 Å². The van der Waals surface area contributed by atoms with Crippen molar-refractivity contribution in [2.75, 3.05) is 0 Å². The lowest BCUT2D eigenvalue weighted by Gasteiger charge is -2.40. The van der Waals surface area contributed by atoms with Crippen LogP contribution in [-0.4, -0.2) is 11.0 Å². The maximum absolute atomic E-state index is 6.79. The van der Waals surface area contributed by atoms with E-state index in [9.17, 15) is 0 Å². The van der Waals surface area contributed by atoms with Gasteiger partial charge in [0.2, 0.25) is 0 Å². The summed E-state index contributed by atoms with van der Waals surface area (Å²) in [6.45, 7) is 0. The molecule has 0 bridgehead atoms. The SMILES string of the molecule is N[C@@H]1CCCCCC([C@H]2CCc3ccccc3[C@@H]2Oc2ccc3ccncc3c2)C1. The molecule has 0 spiro atoms. The fraction of sp³-hybridized carbons (Fsp3) is 0.444. The van der Waals surface area contributed by atoms with Crippen LogP contribution >= 0.6 is 0 Å². The number of pyridine rings is 1. The molecule has 5 rings (SSSR count). The Morgan fingerprint density at radius 2 is 1.80 bits per heavy atom. The van der Waals surface area contributed by atoms with Gasteiger partial charge in [-0.05, 0) is 72.7 Å². The van der Waals surface area contributed by atoms with E-state index in [1.165, 1.54) is 55.0 Å². The lowest BCUT2D eigenvalue weighted by molar-refractivity contribution is 0.0655. The highest BCUT2D eigenvalue weighted by Gasteiger charge is 2.37. The molecule has 2 N–H and O–H groups in total. The minimum atomic E-state index is 0.0979. The lowest BCUT2D eigenvalue weighted by atomic mass is 9.70. The van der Waals surface area contributed by atoms with Crippen LogP contribution in [-0.2, 0) is 6.42 Å². The zero-order valence-electron chi connectivity index (χ0n) is 17.7. The van der Waals surface area contributed by atoms with Crippen molar-refractivity contribution in [2.24, 2.45) is 17.6 Å². The number of fused-ring (bicyclic) bond motifs is 2. The molecule has 2 aromatic carbocycles. The standard InChI is InChI=1S/C27H32N2O/c28-23-8-3-1-2-7-21(16-23)26-13-11-20-6-4-5-9-25(20)27(26)30-24-12-10-19-14-15-29-18-22(19)17-24/h4-6,9-10,12,14-15,17-18,21,23,26-27H,1-3,7-8,11,13,16,28H2/t21?,23-,26-,27+/m1/s1. The first-order valence-electron chi connectivity index (χ1n) is 11.6. The molecular formula is C27H32N2O. The number of nitrogens with two attached hydrogens (primary N) is 1. The Morgan fingerprint density at radius 1 is 0.900 bits per heavy atom. The molecule has 4 atom stereocenters. The minimum absolute atomic E-state index is 0.0979. The van der Waals surface area contributed by atoms with Gasteiger partial charge in [-0.3, -0.25) is 4.98 Å². The summed E-state index contributed by atoms with van der Waals surface area (Å²) in [6.07, 6.45) is 13.7. The summed E-state index contributed by atoms with van der Waals surface area (Å²) in [7, 11) is 0. The van der Waals surface area contributed by atoms with Crippen molar-refractivity contribution in [2.45, 2.75) is 63.5 Å². The summed E-state index contributed by atoms with van der Waals surface area (Å²) in [4.78, 5) is 4.28. The van der Waals surface area contributed by atoms with E-state index in [1.807, 2.05) is 18.5 Å². The molecule has 1 fully saturated rings. The van der Waals surface area contributed by atoms with Crippen molar-refractivity contribution in [3.05, 3.63) is 72.1 Å². The fourth-order valence-corrected chi connectivity index (χ4v) is 5.66. The molecule has 1 aromatic heterocycles. The number of aromatic nitrogens is 1. The molecule has 0 radical (unpaired) electrons. The molecule has 1 saturated carbocycles. The topological polar surface area (TPSA) is 48.1 Å². The van der Waals surface area contributed by atoms with Crippen LogP contribution in [0.2, 0.25) is 0 Å². The van der Waals surface area contributed by atoms with Crippen molar-refractivity contribution < 1.29 is 4.74 Å². The predicted molar refractivity (Wildman–Crippen MR) is 123 cm³/mol. The monoisotopic (exact) mass is 400 g/mol. The van der Waals surface area contributed by atoms with Gasteiger partial charge in [0, 0.05) is 29.7 Å². The van der Waals surface area contributed by atoms with Crippen LogP contribution < -0.4 is 10.5 Å². The van der Waals surface area contributed by atoms with Crippen LogP contribution in [0, 0.1) is 11.8 Å². The molecule has 2 aliphatic rings. The highest BCUT2D eigenvalue weighted by atomic mass is 16.5. The first-order valence-corrected chi connectivity index (χ1v) is 11.6. The number of hydrogen-bond acceptors (Lipinski definition) is 3. The van der Waals surface area contributed by atoms with E-state index in [-0.39, 0.29) is 6.10 Å². The summed E-state index contributed by atoms with van der Waals surface area (Å²) < 4.78 is 6.79. The number of hydrogen-bond donors (Lipinski definition) is 1. The zero-order valence-corrected chi connectivity index (χ0v) is 17.7. The van der Waals surface area contributed by atoms with Gasteiger partial charge in [0.15, 0.2) is 0 Å². The van der Waals surface area contributed by atoms with E-state index < -0.39 is 0 Å². The number of ether oxygens (including phenoxy) is 1. The summed E-state index contributed by atoms with van der Waals surface area (Å²) in [5, 5.41) is 2.33. The van der Waals surface area contributed by atoms with E-state index in [4.69, 9.17) is 10.5 Å². The zero-order chi connectivity index (χ0) is 20.3. The van der Waals surface area contributed by atoms with Gasteiger partial charge in [0.1, 0.15) is 11.9 Å². The third-order valence-electron chi connectivity index (χ3n) is 7.23. The molecule has 30 heavy (non-hydrogen) atoms. The van der Waals surface area contributed by atoms with E-state index in [0.717, 1.165) is 24.0 Å². The van der Waals surface area contributed by atoms with E-state index in [0.29, 0.717) is 17.9 Å². The van der Waals surface area contributed by atoms with Crippen LogP contribution in [0.1, 0.15) is 62.2 Å². The summed E-state index contributed by atoms with van der Waals surface area (Å²) in [6, 6.07) is 17.6. The Hall–Kier alpha value is -2.39. The van der Waals surface area contributed by atoms with E-state index in [2.05, 4.69) is 47.4 Å². The maximum atomic E-state index is 6.79. The second-order valence-electron chi connectivity index (χ2n) is 9.22. The van der Waals surface area contributed by atoms with Gasteiger partial charge in [-0.2, -0.15) is 0 Å². The number of nitrogens with zero attached hydrogens (tertiary/aromatic N) is 1. The Labute approximate surface area is 179 Å². The van der Waals surface area contributed by atoms with Gasteiger partial charge in [0.25, 0.3) is 0 Å². The van der Waals surface area contributed by atoms with Crippen LogP contribution in [0.15, 0.2) is 60.9 Å². The molecule has 156 valence electrons. The molecule has 0 aliphatic heterocycles. The molecular weight excluding hydrogens is 368 g/mol. The quantitative estimate of drug-likeness (QED) is 0.568. The number of rotatable bonds is 3. The molecule has 3 aromatic rings. The minimum Gasteiger partial charge on any atom is -0.485 e. The average molecular weight is 401 g/mol. The van der Waals surface area contributed by atoms with Crippen molar-refractivity contribution in [1.82, 2.24) is 4.98 Å². The van der Waals surface area contributed by atoms with Gasteiger partial charge < -0.3 is 10.5 Å². The van der Waals surface area contributed by atoms with Crippen LogP contribution in [0.25, 0.3) is 10.8 Å². The van der Waals surface area contributed by atoms with Crippen LogP contribution in [0.4, 0.5) is 0 Å². The Morgan fingerprint density at radius 3 is 2.77 bits per heavy atom. The molecule has 0 amide bonds. The van der Waals surface area contributed by atoms with Crippen molar-refractivity contribution >= 4 is 10.8 Å². The Kier molecular flexibility index (Phi) is 5.72. The fourth-order valence-electron chi connectivity index (χ4n) is 5.66. The second-order valence-corrected chi connectivity index (χ2v) is 9.22. The molecule has 1 unspecified atom stereocenters. The van der Waals surface area contributed by atoms with Crippen molar-refractivity contribution in [3.8, 4) is 5.75 Å². The Balaban J connectivity index is 1.48. The number of aryl methyl sites for hydroxylation is 1. The van der Waals surface area contributed by atoms with Gasteiger partial charge >= 0.3 is 0 Å². The molecule has 3 nitrogen and oxygen atoms in total. The van der Waals surface area contributed by atoms with Gasteiger partial charge in [-0.1, -0.05) is 49.6 Å². The van der Waals surface area contributed by atoms with Crippen molar-refractivity contribution in [3.63, 3.8) is 0 Å². The predicted octanol–water partition coefficient (Wildman–Crippen LogP) is 6.22. The van der Waals surface area contributed by atoms with Crippen LogP contribution in [0.3, 0.4) is 0 Å². The third-order valence-corrected chi connectivity index (χ3v) is 7.23. The Bertz CT molecular complexity index is 1000. The largest absolute Gasteiger partial charge is 0.485 e. The third kappa shape index (κ3) is 4.09. The van der Waals surface area contributed by atoms with Crippen molar-refractivity contribution in [1.29, 1.82) is 0 Å². The second kappa shape index (κ2) is 8.77. The summed E-state index contributed by atoms with van der Waals surface area (Å²) in [5.41, 5.74) is 9.32. The normalized spacial score (nSPS) is 27.1. The average Bonchev–Trinajstić information content (AvgIpc) is 2.76. The summed E-state index contributed by atoms with van der Waals surface area (Å²) in [5.74, 6) is 2.10. The maximum Gasteiger partial charge on any atom is 0.127 e. The lowest BCUT2D eigenvalue weighted by Crippen LogP contribution is -2.35. The molecule has 0 saturated heterocycles. The highest BCUT2D eigenvalue weighted by Crippen LogP contribution is 2.45. The van der Waals surface area contributed by atoms with E-state index >= 15 is 0 Å². The summed E-state index contributed by atoms with van der Waals surface area (Å²) >= 11 is 0. The number of benzene rings is 2. The van der Waals surface area contributed by atoms with Gasteiger partial charge in [-0.15, -0.1) is 0 Å².